The van der Waals surface area contributed by atoms with Gasteiger partial charge in [0, 0.05) is 14.0 Å². The molecule has 1 aliphatic rings. The van der Waals surface area contributed by atoms with Crippen LogP contribution in [0.5, 0.6) is 0 Å². The van der Waals surface area contributed by atoms with Crippen LogP contribution in [0.15, 0.2) is 21.0 Å². The van der Waals surface area contributed by atoms with Gasteiger partial charge >= 0.3 is 29.3 Å². The molecule has 2 N–H and O–H groups in total. The summed E-state index contributed by atoms with van der Waals surface area (Å²) in [6.07, 6.45) is -5.92. The molecule has 2 heterocycles. The number of aromatic nitrogens is 2. The number of ether oxygens (including phenoxy) is 3. The van der Waals surface area contributed by atoms with Crippen molar-refractivity contribution < 1.29 is 35.1 Å². The second kappa shape index (κ2) is 11.4. The molecule has 2 rings (SSSR count). The molecule has 0 saturated carbocycles. The molecule has 0 spiro atoms. The lowest BCUT2D eigenvalue weighted by Gasteiger charge is -2.24. The van der Waals surface area contributed by atoms with E-state index >= 15 is 0 Å². The predicted octanol–water partition coefficient (Wildman–Crippen LogP) is 1.05. The van der Waals surface area contributed by atoms with Crippen molar-refractivity contribution in [3.8, 4) is 0 Å². The van der Waals surface area contributed by atoms with Crippen LogP contribution in [0.2, 0.25) is 0 Å². The minimum Gasteiger partial charge on any atom is -0.444 e. The van der Waals surface area contributed by atoms with E-state index in [1.165, 1.54) is 6.92 Å². The first-order valence-electron chi connectivity index (χ1n) is 11.6. The van der Waals surface area contributed by atoms with Gasteiger partial charge in [-0.15, -0.1) is 5.53 Å². The SMILES string of the molecule is [2H]C(C(C)C)[C@H](NC(=O)OC(C)(C)C)C(=O)OC(=O)[C@H]1O[C@@H](n2cc(C)c(=O)n(N=[N+]=[N-])c2=O)C[C@@H]1O. The summed E-state index contributed by atoms with van der Waals surface area (Å²) in [6.45, 7) is 9.41. The Hall–Kier alpha value is -3.68. The lowest BCUT2D eigenvalue weighted by Crippen LogP contribution is -2.46. The molecule has 1 unspecified atom stereocenters. The molecule has 1 saturated heterocycles. The van der Waals surface area contributed by atoms with Crippen LogP contribution in [0.25, 0.3) is 10.4 Å². The van der Waals surface area contributed by atoms with Gasteiger partial charge in [0.15, 0.2) is 6.10 Å². The average molecular weight is 512 g/mol. The van der Waals surface area contributed by atoms with Gasteiger partial charge in [-0.2, -0.15) is 4.91 Å². The number of carbonyl (C=O) groups excluding carboxylic acids is 3. The van der Waals surface area contributed by atoms with Crippen molar-refractivity contribution in [1.29, 1.82) is 0 Å². The monoisotopic (exact) mass is 511 g/mol. The van der Waals surface area contributed by atoms with E-state index in [4.69, 9.17) is 21.1 Å². The van der Waals surface area contributed by atoms with Gasteiger partial charge < -0.3 is 24.6 Å². The Morgan fingerprint density at radius 3 is 2.58 bits per heavy atom. The molecule has 0 bridgehead atoms. The first-order chi connectivity index (χ1) is 17.1. The smallest absolute Gasteiger partial charge is 0.428 e. The Labute approximate surface area is 206 Å². The molecule has 1 aromatic rings. The van der Waals surface area contributed by atoms with Crippen LogP contribution in [0, 0.1) is 12.8 Å². The summed E-state index contributed by atoms with van der Waals surface area (Å²) < 4.78 is 24.7. The third-order valence-corrected chi connectivity index (χ3v) is 4.74. The molecule has 36 heavy (non-hydrogen) atoms. The molecular weight excluding hydrogens is 480 g/mol. The van der Waals surface area contributed by atoms with Crippen molar-refractivity contribution in [3.63, 3.8) is 0 Å². The zero-order chi connectivity index (χ0) is 28.2. The molecule has 15 nitrogen and oxygen atoms in total. The van der Waals surface area contributed by atoms with Gasteiger partial charge in [-0.3, -0.25) is 4.57 Å². The normalized spacial score (nSPS) is 21.7. The number of azide groups is 1. The van der Waals surface area contributed by atoms with Gasteiger partial charge in [-0.1, -0.05) is 18.5 Å². The number of amides is 1. The number of hydrogen-bond acceptors (Lipinski definition) is 10. The van der Waals surface area contributed by atoms with Crippen LogP contribution in [0.1, 0.15) is 60.6 Å². The summed E-state index contributed by atoms with van der Waals surface area (Å²) in [5.41, 5.74) is 5.80. The number of aliphatic hydroxyl groups excluding tert-OH is 1. The van der Waals surface area contributed by atoms with Gasteiger partial charge in [0.25, 0.3) is 0 Å². The molecule has 1 fully saturated rings. The highest BCUT2D eigenvalue weighted by molar-refractivity contribution is 5.92. The van der Waals surface area contributed by atoms with Gasteiger partial charge in [-0.05, 0) is 45.2 Å². The van der Waals surface area contributed by atoms with Crippen LogP contribution in [0.3, 0.4) is 0 Å². The zero-order valence-corrected chi connectivity index (χ0v) is 20.7. The Bertz CT molecular complexity index is 1210. The number of nitrogens with one attached hydrogen (secondary N) is 1. The summed E-state index contributed by atoms with van der Waals surface area (Å²) in [5.74, 6) is -3.02. The highest BCUT2D eigenvalue weighted by Crippen LogP contribution is 2.28. The quantitative estimate of drug-likeness (QED) is 0.176. The topological polar surface area (TPSA) is 204 Å². The van der Waals surface area contributed by atoms with Crippen molar-refractivity contribution in [3.05, 3.63) is 43.0 Å². The Morgan fingerprint density at radius 2 is 2.03 bits per heavy atom. The minimum atomic E-state index is -1.72. The average Bonchev–Trinajstić information content (AvgIpc) is 3.17. The van der Waals surface area contributed by atoms with E-state index in [-0.39, 0.29) is 16.7 Å². The molecular formula is C21H30N6O9. The summed E-state index contributed by atoms with van der Waals surface area (Å²) in [5, 5.41) is 15.6. The zero-order valence-electron chi connectivity index (χ0n) is 21.7. The fourth-order valence-corrected chi connectivity index (χ4v) is 3.27. The minimum absolute atomic E-state index is 0.0116. The number of aryl methyl sites for hydroxylation is 1. The standard InChI is InChI=1S/C21H30N6O9/c1-10(2)7-12(23-19(32)36-21(4,5)6)17(30)35-18(31)15-13(28)8-14(34-15)26-9-11(3)16(29)27(20(26)33)25-24-22/h9-10,12-15,28H,7-8H2,1-6H3,(H,23,32)/t12-,13-,14+,15-/m0/s1/i7D/t7?,12-,13-,14+,15-. The van der Waals surface area contributed by atoms with E-state index < -0.39 is 71.7 Å². The second-order valence-corrected chi connectivity index (χ2v) is 9.41. The third kappa shape index (κ3) is 7.16. The van der Waals surface area contributed by atoms with Crippen molar-refractivity contribution in [2.24, 2.45) is 11.1 Å². The molecule has 0 aliphatic carbocycles. The van der Waals surface area contributed by atoms with E-state index in [2.05, 4.69) is 15.5 Å². The van der Waals surface area contributed by atoms with E-state index in [9.17, 15) is 29.1 Å². The maximum atomic E-state index is 12.8. The van der Waals surface area contributed by atoms with Crippen molar-refractivity contribution in [1.82, 2.24) is 14.6 Å². The number of esters is 2. The fourth-order valence-electron chi connectivity index (χ4n) is 3.27. The molecule has 0 radical (unpaired) electrons. The van der Waals surface area contributed by atoms with Crippen LogP contribution >= 0.6 is 0 Å². The van der Waals surface area contributed by atoms with Crippen LogP contribution < -0.4 is 16.6 Å². The van der Waals surface area contributed by atoms with Gasteiger partial charge in [0.05, 0.1) is 11.7 Å². The fraction of sp³-hybridized carbons (Fsp3) is 0.667. The third-order valence-electron chi connectivity index (χ3n) is 4.74. The van der Waals surface area contributed by atoms with Crippen LogP contribution in [-0.2, 0) is 23.8 Å². The predicted molar refractivity (Wildman–Crippen MR) is 122 cm³/mol. The van der Waals surface area contributed by atoms with E-state index in [0.717, 1.165) is 10.8 Å². The molecule has 1 aliphatic heterocycles. The number of nitrogens with zero attached hydrogens (tertiary/aromatic N) is 5. The van der Waals surface area contributed by atoms with Crippen molar-refractivity contribution in [2.75, 3.05) is 0 Å². The Balaban J connectivity index is 2.23. The second-order valence-electron chi connectivity index (χ2n) is 9.41. The summed E-state index contributed by atoms with van der Waals surface area (Å²) >= 11 is 0. The van der Waals surface area contributed by atoms with Gasteiger partial charge in [0.1, 0.15) is 17.9 Å². The van der Waals surface area contributed by atoms with E-state index in [1.54, 1.807) is 34.6 Å². The lowest BCUT2D eigenvalue weighted by molar-refractivity contribution is -0.173. The Morgan fingerprint density at radius 1 is 1.39 bits per heavy atom. The summed E-state index contributed by atoms with van der Waals surface area (Å²) in [6, 6.07) is -1.58. The van der Waals surface area contributed by atoms with Gasteiger partial charge in [0.2, 0.25) is 0 Å². The lowest BCUT2D eigenvalue weighted by atomic mass is 10.0. The largest absolute Gasteiger partial charge is 0.444 e. The molecule has 0 aromatic carbocycles. The first kappa shape index (κ1) is 26.9. The summed E-state index contributed by atoms with van der Waals surface area (Å²) in [7, 11) is 0. The van der Waals surface area contributed by atoms with E-state index in [0.29, 0.717) is 0 Å². The molecule has 5 atom stereocenters. The highest BCUT2D eigenvalue weighted by Gasteiger charge is 2.43. The molecule has 1 amide bonds. The Kier molecular flexibility index (Phi) is 8.50. The van der Waals surface area contributed by atoms with Crippen molar-refractivity contribution >= 4 is 18.0 Å². The molecule has 198 valence electrons. The number of carbonyl (C=O) groups is 3. The maximum absolute atomic E-state index is 12.8. The van der Waals surface area contributed by atoms with Gasteiger partial charge in [-0.25, -0.2) is 24.0 Å². The number of rotatable bonds is 7. The van der Waals surface area contributed by atoms with E-state index in [1.807, 2.05) is 0 Å². The van der Waals surface area contributed by atoms with Crippen molar-refractivity contribution in [2.45, 2.75) is 84.4 Å². The number of hydrogen-bond donors (Lipinski definition) is 2. The first-order valence-corrected chi connectivity index (χ1v) is 11.0. The molecule has 1 aromatic heterocycles. The molecule has 15 heteroatoms. The maximum Gasteiger partial charge on any atom is 0.428 e. The number of aliphatic hydroxyl groups is 1. The van der Waals surface area contributed by atoms with Crippen LogP contribution in [0.4, 0.5) is 4.79 Å². The summed E-state index contributed by atoms with van der Waals surface area (Å²) in [4.78, 5) is 64.7. The number of alkyl carbamates (subject to hydrolysis) is 1. The highest BCUT2D eigenvalue weighted by atomic mass is 16.6. The van der Waals surface area contributed by atoms with Crippen LogP contribution in [-0.4, -0.2) is 56.2 Å².